The van der Waals surface area contributed by atoms with E-state index in [2.05, 4.69) is 0 Å². The van der Waals surface area contributed by atoms with Crippen molar-refractivity contribution in [2.45, 2.75) is 12.3 Å². The molecular weight excluding hydrogens is 267 g/mol. The van der Waals surface area contributed by atoms with Crippen LogP contribution >= 0.6 is 0 Å². The SMILES string of the molecule is O=C(O)[C@@H](CNC(=O)C(F)(F)F)Oc1ccccc1. The smallest absolute Gasteiger partial charge is 0.471 e. The second kappa shape index (κ2) is 6.07. The summed E-state index contributed by atoms with van der Waals surface area (Å²) in [5, 5.41) is 10.2. The molecule has 0 aliphatic rings. The van der Waals surface area contributed by atoms with Crippen LogP contribution < -0.4 is 10.1 Å². The topological polar surface area (TPSA) is 75.6 Å². The molecule has 1 rings (SSSR count). The van der Waals surface area contributed by atoms with E-state index in [-0.39, 0.29) is 5.75 Å². The van der Waals surface area contributed by atoms with E-state index in [1.165, 1.54) is 17.4 Å². The first-order chi connectivity index (χ1) is 8.80. The van der Waals surface area contributed by atoms with Crippen molar-refractivity contribution in [2.24, 2.45) is 0 Å². The highest BCUT2D eigenvalue weighted by Crippen LogP contribution is 2.14. The molecule has 0 radical (unpaired) electrons. The van der Waals surface area contributed by atoms with Crippen LogP contribution in [-0.4, -0.2) is 35.8 Å². The maximum atomic E-state index is 11.9. The van der Waals surface area contributed by atoms with E-state index in [1.807, 2.05) is 0 Å². The second-order valence-electron chi connectivity index (χ2n) is 3.47. The number of hydrogen-bond donors (Lipinski definition) is 2. The number of carboxylic acid groups (broad SMARTS) is 1. The van der Waals surface area contributed by atoms with E-state index >= 15 is 0 Å². The Hall–Kier alpha value is -2.25. The predicted molar refractivity (Wildman–Crippen MR) is 57.6 cm³/mol. The van der Waals surface area contributed by atoms with Gasteiger partial charge in [-0.25, -0.2) is 4.79 Å². The van der Waals surface area contributed by atoms with Crippen LogP contribution in [0.1, 0.15) is 0 Å². The summed E-state index contributed by atoms with van der Waals surface area (Å²) in [7, 11) is 0. The first kappa shape index (κ1) is 14.8. The molecule has 19 heavy (non-hydrogen) atoms. The van der Waals surface area contributed by atoms with Gasteiger partial charge in [-0.15, -0.1) is 0 Å². The van der Waals surface area contributed by atoms with Gasteiger partial charge in [-0.3, -0.25) is 4.79 Å². The van der Waals surface area contributed by atoms with Gasteiger partial charge in [0.1, 0.15) is 5.75 Å². The zero-order valence-electron chi connectivity index (χ0n) is 9.48. The number of benzene rings is 1. The molecule has 104 valence electrons. The first-order valence-corrected chi connectivity index (χ1v) is 5.10. The molecule has 1 aromatic rings. The molecule has 0 heterocycles. The molecule has 1 amide bonds. The summed E-state index contributed by atoms with van der Waals surface area (Å²) in [6.45, 7) is -0.789. The number of ether oxygens (including phenoxy) is 1. The fraction of sp³-hybridized carbons (Fsp3) is 0.273. The third-order valence-corrected chi connectivity index (χ3v) is 2.00. The lowest BCUT2D eigenvalue weighted by Crippen LogP contribution is -2.45. The zero-order valence-corrected chi connectivity index (χ0v) is 9.48. The van der Waals surface area contributed by atoms with Crippen LogP contribution in [0.15, 0.2) is 30.3 Å². The minimum Gasteiger partial charge on any atom is -0.478 e. The normalized spacial score (nSPS) is 12.6. The lowest BCUT2D eigenvalue weighted by molar-refractivity contribution is -0.174. The van der Waals surface area contributed by atoms with Crippen molar-refractivity contribution in [2.75, 3.05) is 6.54 Å². The molecule has 0 saturated heterocycles. The number of rotatable bonds is 5. The molecule has 1 atom stereocenters. The third kappa shape index (κ3) is 4.86. The van der Waals surface area contributed by atoms with Gasteiger partial charge < -0.3 is 15.2 Å². The van der Waals surface area contributed by atoms with E-state index < -0.39 is 30.7 Å². The molecule has 5 nitrogen and oxygen atoms in total. The monoisotopic (exact) mass is 277 g/mol. The Morgan fingerprint density at radius 2 is 1.84 bits per heavy atom. The molecule has 0 bridgehead atoms. The van der Waals surface area contributed by atoms with Gasteiger partial charge in [0.2, 0.25) is 6.10 Å². The summed E-state index contributed by atoms with van der Waals surface area (Å²) in [6, 6.07) is 7.70. The van der Waals surface area contributed by atoms with Crippen molar-refractivity contribution < 1.29 is 32.6 Å². The zero-order chi connectivity index (χ0) is 14.5. The number of hydrogen-bond acceptors (Lipinski definition) is 3. The minimum atomic E-state index is -5.06. The number of carboxylic acids is 1. The molecule has 0 aliphatic heterocycles. The Morgan fingerprint density at radius 1 is 1.26 bits per heavy atom. The van der Waals surface area contributed by atoms with Gasteiger partial charge in [0.25, 0.3) is 0 Å². The number of aliphatic carboxylic acids is 1. The Bertz CT molecular complexity index is 447. The quantitative estimate of drug-likeness (QED) is 0.848. The number of para-hydroxylation sites is 1. The summed E-state index contributed by atoms with van der Waals surface area (Å²) in [5.74, 6) is -3.52. The molecule has 0 spiro atoms. The molecule has 0 saturated carbocycles. The van der Waals surface area contributed by atoms with Crippen LogP contribution in [0.4, 0.5) is 13.2 Å². The summed E-state index contributed by atoms with van der Waals surface area (Å²) in [5.41, 5.74) is 0. The van der Waals surface area contributed by atoms with Gasteiger partial charge in [-0.2, -0.15) is 13.2 Å². The van der Waals surface area contributed by atoms with Crippen LogP contribution in [0.5, 0.6) is 5.75 Å². The molecule has 0 aromatic heterocycles. The Kier molecular flexibility index (Phi) is 4.74. The number of amides is 1. The van der Waals surface area contributed by atoms with Crippen LogP contribution in [0, 0.1) is 0 Å². The Morgan fingerprint density at radius 3 is 2.32 bits per heavy atom. The fourth-order valence-electron chi connectivity index (χ4n) is 1.13. The maximum Gasteiger partial charge on any atom is 0.471 e. The van der Waals surface area contributed by atoms with Crippen molar-refractivity contribution in [3.63, 3.8) is 0 Å². The molecule has 0 fully saturated rings. The van der Waals surface area contributed by atoms with E-state index in [1.54, 1.807) is 18.2 Å². The molecule has 2 N–H and O–H groups in total. The number of carbonyl (C=O) groups is 2. The maximum absolute atomic E-state index is 11.9. The average Bonchev–Trinajstić information content (AvgIpc) is 2.33. The molecule has 0 unspecified atom stereocenters. The molecular formula is C11H10F3NO4. The van der Waals surface area contributed by atoms with E-state index in [0.29, 0.717) is 0 Å². The Labute approximate surface area is 106 Å². The highest BCUT2D eigenvalue weighted by molar-refractivity contribution is 5.82. The van der Waals surface area contributed by atoms with Gasteiger partial charge >= 0.3 is 18.1 Å². The summed E-state index contributed by atoms with van der Waals surface area (Å²) in [6.07, 6.45) is -6.66. The number of nitrogens with one attached hydrogen (secondary N) is 1. The lowest BCUT2D eigenvalue weighted by atomic mass is 10.3. The van der Waals surface area contributed by atoms with Crippen molar-refractivity contribution in [1.82, 2.24) is 5.32 Å². The van der Waals surface area contributed by atoms with Gasteiger partial charge in [0.15, 0.2) is 0 Å². The molecule has 8 heteroatoms. The van der Waals surface area contributed by atoms with Gasteiger partial charge in [-0.1, -0.05) is 18.2 Å². The summed E-state index contributed by atoms with van der Waals surface area (Å²) >= 11 is 0. The second-order valence-corrected chi connectivity index (χ2v) is 3.47. The van der Waals surface area contributed by atoms with Crippen LogP contribution in [0.25, 0.3) is 0 Å². The van der Waals surface area contributed by atoms with Crippen molar-refractivity contribution in [1.29, 1.82) is 0 Å². The van der Waals surface area contributed by atoms with E-state index in [4.69, 9.17) is 9.84 Å². The Balaban J connectivity index is 2.60. The van der Waals surface area contributed by atoms with Crippen LogP contribution in [-0.2, 0) is 9.59 Å². The van der Waals surface area contributed by atoms with E-state index in [0.717, 1.165) is 0 Å². The fourth-order valence-corrected chi connectivity index (χ4v) is 1.13. The summed E-state index contributed by atoms with van der Waals surface area (Å²) < 4.78 is 40.7. The van der Waals surface area contributed by atoms with Crippen LogP contribution in [0.3, 0.4) is 0 Å². The predicted octanol–water partition coefficient (Wildman–Crippen LogP) is 1.20. The highest BCUT2D eigenvalue weighted by Gasteiger charge is 2.39. The van der Waals surface area contributed by atoms with Gasteiger partial charge in [-0.05, 0) is 12.1 Å². The van der Waals surface area contributed by atoms with Crippen molar-refractivity contribution in [3.05, 3.63) is 30.3 Å². The van der Waals surface area contributed by atoms with Crippen molar-refractivity contribution >= 4 is 11.9 Å². The largest absolute Gasteiger partial charge is 0.478 e. The standard InChI is InChI=1S/C11H10F3NO4/c12-11(13,14)10(18)15-6-8(9(16)17)19-7-4-2-1-3-5-7/h1-5,8H,6H2,(H,15,18)(H,16,17)/t8-/m1/s1. The van der Waals surface area contributed by atoms with Gasteiger partial charge in [0, 0.05) is 0 Å². The average molecular weight is 277 g/mol. The molecule has 1 aromatic carbocycles. The van der Waals surface area contributed by atoms with Crippen LogP contribution in [0.2, 0.25) is 0 Å². The van der Waals surface area contributed by atoms with Gasteiger partial charge in [0.05, 0.1) is 6.54 Å². The highest BCUT2D eigenvalue weighted by atomic mass is 19.4. The molecule has 0 aliphatic carbocycles. The van der Waals surface area contributed by atoms with Crippen molar-refractivity contribution in [3.8, 4) is 5.75 Å². The number of alkyl halides is 3. The van der Waals surface area contributed by atoms with E-state index in [9.17, 15) is 22.8 Å². The first-order valence-electron chi connectivity index (χ1n) is 5.10. The summed E-state index contributed by atoms with van der Waals surface area (Å²) in [4.78, 5) is 21.4. The third-order valence-electron chi connectivity index (χ3n) is 2.00. The lowest BCUT2D eigenvalue weighted by Gasteiger charge is -2.16. The number of carbonyl (C=O) groups excluding carboxylic acids is 1. The minimum absolute atomic E-state index is 0.177. The number of halogens is 3.